The van der Waals surface area contributed by atoms with E-state index in [1.165, 1.54) is 18.1 Å². The van der Waals surface area contributed by atoms with Crippen LogP contribution >= 0.6 is 11.6 Å². The Morgan fingerprint density at radius 1 is 1.13 bits per heavy atom. The lowest BCUT2D eigenvalue weighted by Gasteiger charge is -2.25. The number of methoxy groups -OCH3 is 1. The molecule has 0 aromatic heterocycles. The molecule has 1 atom stereocenters. The summed E-state index contributed by atoms with van der Waals surface area (Å²) in [4.78, 5) is 27.4. The van der Waals surface area contributed by atoms with Gasteiger partial charge in [0.1, 0.15) is 17.3 Å². The van der Waals surface area contributed by atoms with E-state index in [-0.39, 0.29) is 16.9 Å². The molecule has 164 valence electrons. The Kier molecular flexibility index (Phi) is 7.23. The van der Waals surface area contributed by atoms with Crippen LogP contribution in [0.4, 0.5) is 0 Å². The Morgan fingerprint density at radius 3 is 2.58 bits per heavy atom. The second-order valence-electron chi connectivity index (χ2n) is 7.26. The van der Waals surface area contributed by atoms with Gasteiger partial charge in [0.2, 0.25) is 0 Å². The molecule has 1 N–H and O–H groups in total. The fourth-order valence-electron chi connectivity index (χ4n) is 3.70. The molecule has 1 fully saturated rings. The summed E-state index contributed by atoms with van der Waals surface area (Å²) in [6.07, 6.45) is 1.52. The number of ketones is 1. The van der Waals surface area contributed by atoms with Crippen LogP contribution in [0.2, 0.25) is 5.02 Å². The molecule has 1 heterocycles. The Hall–Kier alpha value is -2.99. The summed E-state index contributed by atoms with van der Waals surface area (Å²) in [6, 6.07) is 11.3. The Morgan fingerprint density at radius 2 is 1.90 bits per heavy atom. The number of amides is 1. The van der Waals surface area contributed by atoms with E-state index in [4.69, 9.17) is 21.1 Å². The molecule has 1 amide bonds. The highest BCUT2D eigenvalue weighted by atomic mass is 35.5. The number of rotatable bonds is 8. The van der Waals surface area contributed by atoms with Gasteiger partial charge in [-0.15, -0.1) is 0 Å². The van der Waals surface area contributed by atoms with Gasteiger partial charge in [0.25, 0.3) is 11.7 Å². The van der Waals surface area contributed by atoms with Gasteiger partial charge < -0.3 is 19.5 Å². The Balaban J connectivity index is 2.20. The molecule has 1 aliphatic rings. The maximum atomic E-state index is 13.0. The van der Waals surface area contributed by atoms with E-state index in [0.29, 0.717) is 41.7 Å². The second-order valence-corrected chi connectivity index (χ2v) is 7.69. The number of carbonyl (C=O) groups excluding carboxylic acids is 2. The summed E-state index contributed by atoms with van der Waals surface area (Å²) in [6.45, 7) is 4.87. The summed E-state index contributed by atoms with van der Waals surface area (Å²) < 4.78 is 11.1. The van der Waals surface area contributed by atoms with Crippen LogP contribution < -0.4 is 9.47 Å². The molecule has 0 spiro atoms. The maximum Gasteiger partial charge on any atom is 0.295 e. The third-order valence-corrected chi connectivity index (χ3v) is 5.30. The Labute approximate surface area is 187 Å². The number of likely N-dealkylation sites (tertiary alicyclic amines) is 1. The monoisotopic (exact) mass is 443 g/mol. The van der Waals surface area contributed by atoms with Crippen LogP contribution in [0.15, 0.2) is 48.0 Å². The standard InChI is InChI=1S/C24H26ClNO5/c1-4-11-26-21(15-7-6-8-17(13-15)31-12-5-2)20(23(28)24(26)29)22(27)18-14-16(25)9-10-19(18)30-3/h6-10,13-14,21,27H,4-5,11-12H2,1-3H3/b22-20+. The van der Waals surface area contributed by atoms with Crippen molar-refractivity contribution >= 4 is 29.1 Å². The molecule has 6 nitrogen and oxygen atoms in total. The third kappa shape index (κ3) is 4.54. The first kappa shape index (κ1) is 22.7. The molecular formula is C24H26ClNO5. The fourth-order valence-corrected chi connectivity index (χ4v) is 3.87. The second kappa shape index (κ2) is 9.88. The predicted molar refractivity (Wildman–Crippen MR) is 120 cm³/mol. The van der Waals surface area contributed by atoms with Crippen LogP contribution in [0.3, 0.4) is 0 Å². The SMILES string of the molecule is CCCOc1cccc(C2/C(=C(\O)c3cc(Cl)ccc3OC)C(=O)C(=O)N2CCC)c1. The number of ether oxygens (including phenoxy) is 2. The number of Topliss-reactive ketones (excluding diaryl/α,β-unsaturated/α-hetero) is 1. The third-order valence-electron chi connectivity index (χ3n) is 5.07. The highest BCUT2D eigenvalue weighted by Gasteiger charge is 2.46. The molecule has 2 aromatic carbocycles. The minimum atomic E-state index is -0.742. The zero-order valence-corrected chi connectivity index (χ0v) is 18.6. The van der Waals surface area contributed by atoms with Crippen LogP contribution in [-0.4, -0.2) is 42.0 Å². The van der Waals surface area contributed by atoms with E-state index in [0.717, 1.165) is 6.42 Å². The lowest BCUT2D eigenvalue weighted by atomic mass is 9.94. The molecule has 0 radical (unpaired) electrons. The topological polar surface area (TPSA) is 76.1 Å². The number of nitrogens with zero attached hydrogens (tertiary/aromatic N) is 1. The largest absolute Gasteiger partial charge is 0.507 e. The van der Waals surface area contributed by atoms with Crippen LogP contribution in [0.1, 0.15) is 43.9 Å². The first-order valence-electron chi connectivity index (χ1n) is 10.3. The molecule has 0 aliphatic carbocycles. The van der Waals surface area contributed by atoms with Gasteiger partial charge in [-0.2, -0.15) is 0 Å². The average Bonchev–Trinajstić information content (AvgIpc) is 3.02. The minimum absolute atomic E-state index is 0.00616. The number of aliphatic hydroxyl groups is 1. The lowest BCUT2D eigenvalue weighted by Crippen LogP contribution is -2.30. The zero-order valence-electron chi connectivity index (χ0n) is 17.9. The van der Waals surface area contributed by atoms with Gasteiger partial charge in [0.15, 0.2) is 0 Å². The van der Waals surface area contributed by atoms with Gasteiger partial charge in [0.05, 0.1) is 30.9 Å². The highest BCUT2D eigenvalue weighted by molar-refractivity contribution is 6.46. The normalized spacial score (nSPS) is 17.8. The van der Waals surface area contributed by atoms with E-state index in [1.54, 1.807) is 18.2 Å². The lowest BCUT2D eigenvalue weighted by molar-refractivity contribution is -0.139. The maximum absolute atomic E-state index is 13.0. The van der Waals surface area contributed by atoms with Gasteiger partial charge in [-0.05, 0) is 48.7 Å². The molecule has 3 rings (SSSR count). The van der Waals surface area contributed by atoms with Crippen molar-refractivity contribution in [1.82, 2.24) is 4.90 Å². The van der Waals surface area contributed by atoms with Crippen molar-refractivity contribution in [3.05, 3.63) is 64.2 Å². The smallest absolute Gasteiger partial charge is 0.295 e. The molecule has 0 saturated carbocycles. The predicted octanol–water partition coefficient (Wildman–Crippen LogP) is 4.97. The van der Waals surface area contributed by atoms with E-state index < -0.39 is 17.7 Å². The summed E-state index contributed by atoms with van der Waals surface area (Å²) >= 11 is 6.12. The number of benzene rings is 2. The molecule has 1 saturated heterocycles. The summed E-state index contributed by atoms with van der Waals surface area (Å²) in [5, 5.41) is 11.6. The van der Waals surface area contributed by atoms with E-state index in [2.05, 4.69) is 0 Å². The number of halogens is 1. The minimum Gasteiger partial charge on any atom is -0.507 e. The van der Waals surface area contributed by atoms with Gasteiger partial charge in [0, 0.05) is 11.6 Å². The molecule has 1 unspecified atom stereocenters. The number of hydrogen-bond donors (Lipinski definition) is 1. The summed E-state index contributed by atoms with van der Waals surface area (Å²) in [5.41, 5.74) is 0.948. The van der Waals surface area contributed by atoms with Gasteiger partial charge in [-0.3, -0.25) is 9.59 Å². The molecule has 2 aromatic rings. The van der Waals surface area contributed by atoms with Crippen molar-refractivity contribution < 1.29 is 24.2 Å². The average molecular weight is 444 g/mol. The highest BCUT2D eigenvalue weighted by Crippen LogP contribution is 2.42. The first-order valence-corrected chi connectivity index (χ1v) is 10.7. The van der Waals surface area contributed by atoms with Crippen molar-refractivity contribution in [3.63, 3.8) is 0 Å². The van der Waals surface area contributed by atoms with Crippen LogP contribution in [0.5, 0.6) is 11.5 Å². The van der Waals surface area contributed by atoms with E-state index in [9.17, 15) is 14.7 Å². The molecule has 0 bridgehead atoms. The molecule has 31 heavy (non-hydrogen) atoms. The summed E-state index contributed by atoms with van der Waals surface area (Å²) in [7, 11) is 1.46. The van der Waals surface area contributed by atoms with Gasteiger partial charge >= 0.3 is 0 Å². The van der Waals surface area contributed by atoms with Crippen molar-refractivity contribution in [2.24, 2.45) is 0 Å². The number of carbonyl (C=O) groups is 2. The van der Waals surface area contributed by atoms with Crippen molar-refractivity contribution in [2.45, 2.75) is 32.7 Å². The number of aliphatic hydroxyl groups excluding tert-OH is 1. The van der Waals surface area contributed by atoms with Gasteiger partial charge in [-0.25, -0.2) is 0 Å². The van der Waals surface area contributed by atoms with E-state index >= 15 is 0 Å². The molecular weight excluding hydrogens is 418 g/mol. The Bertz CT molecular complexity index is 1020. The van der Waals surface area contributed by atoms with E-state index in [1.807, 2.05) is 32.0 Å². The van der Waals surface area contributed by atoms with Crippen molar-refractivity contribution in [3.8, 4) is 11.5 Å². The molecule has 7 heteroatoms. The number of hydrogen-bond acceptors (Lipinski definition) is 5. The quantitative estimate of drug-likeness (QED) is 0.354. The fraction of sp³-hybridized carbons (Fsp3) is 0.333. The zero-order chi connectivity index (χ0) is 22.5. The first-order chi connectivity index (χ1) is 14.9. The van der Waals surface area contributed by atoms with Crippen LogP contribution in [-0.2, 0) is 9.59 Å². The summed E-state index contributed by atoms with van der Waals surface area (Å²) in [5.74, 6) is -0.711. The van der Waals surface area contributed by atoms with Crippen LogP contribution in [0, 0.1) is 0 Å². The van der Waals surface area contributed by atoms with Gasteiger partial charge in [-0.1, -0.05) is 37.6 Å². The van der Waals surface area contributed by atoms with Crippen LogP contribution in [0.25, 0.3) is 5.76 Å². The molecule has 1 aliphatic heterocycles. The van der Waals surface area contributed by atoms with Crippen molar-refractivity contribution in [2.75, 3.05) is 20.3 Å². The van der Waals surface area contributed by atoms with Crippen molar-refractivity contribution in [1.29, 1.82) is 0 Å².